The zero-order valence-electron chi connectivity index (χ0n) is 13.1. The molecule has 8 heteroatoms. The van der Waals surface area contributed by atoms with E-state index < -0.39 is 24.3 Å². The van der Waals surface area contributed by atoms with Gasteiger partial charge in [-0.1, -0.05) is 18.2 Å². The molecule has 2 aromatic rings. The lowest BCUT2D eigenvalue weighted by atomic mass is 10.1. The van der Waals surface area contributed by atoms with Gasteiger partial charge in [0, 0.05) is 37.8 Å². The molecule has 0 radical (unpaired) electrons. The minimum Gasteiger partial charge on any atom is -0.314 e. The number of carbonyl (C=O) groups excluding carboxylic acids is 1. The molecule has 1 aromatic heterocycles. The summed E-state index contributed by atoms with van der Waals surface area (Å²) in [6.07, 6.45) is -4.13. The topological polar surface area (TPSA) is 50.2 Å². The lowest BCUT2D eigenvalue weighted by Crippen LogP contribution is -2.32. The second-order valence-electron chi connectivity index (χ2n) is 5.64. The van der Waals surface area contributed by atoms with Gasteiger partial charge in [-0.3, -0.25) is 9.48 Å². The maximum atomic E-state index is 13.4. The molecule has 1 N–H and O–H groups in total. The second-order valence-corrected chi connectivity index (χ2v) is 5.64. The molecule has 1 aliphatic rings. The Balaban J connectivity index is 1.90. The number of halogens is 3. The summed E-state index contributed by atoms with van der Waals surface area (Å²) >= 11 is 0. The molecule has 5 nitrogen and oxygen atoms in total. The van der Waals surface area contributed by atoms with Crippen molar-refractivity contribution in [2.45, 2.75) is 25.7 Å². The number of hydrogen-bond acceptors (Lipinski definition) is 3. The Bertz CT molecular complexity index is 740. The monoisotopic (exact) mass is 338 g/mol. The molecule has 128 valence electrons. The summed E-state index contributed by atoms with van der Waals surface area (Å²) in [5, 5.41) is 6.96. The minimum atomic E-state index is -4.55. The minimum absolute atomic E-state index is 0.118. The number of aromatic nitrogens is 2. The molecule has 0 aliphatic carbocycles. The van der Waals surface area contributed by atoms with Gasteiger partial charge in [-0.05, 0) is 12.1 Å². The fourth-order valence-electron chi connectivity index (χ4n) is 2.82. The Labute approximate surface area is 137 Å². The van der Waals surface area contributed by atoms with E-state index in [4.69, 9.17) is 0 Å². The number of nitrogens with zero attached hydrogens (tertiary/aromatic N) is 3. The van der Waals surface area contributed by atoms with Gasteiger partial charge in [0.1, 0.15) is 12.2 Å². The third kappa shape index (κ3) is 3.14. The molecule has 1 aliphatic heterocycles. The summed E-state index contributed by atoms with van der Waals surface area (Å²) in [5.74, 6) is -0.459. The number of para-hydroxylation sites is 1. The summed E-state index contributed by atoms with van der Waals surface area (Å²) in [6.45, 7) is 0.249. The van der Waals surface area contributed by atoms with Crippen LogP contribution < -0.4 is 10.2 Å². The van der Waals surface area contributed by atoms with E-state index in [1.807, 2.05) is 0 Å². The van der Waals surface area contributed by atoms with Crippen molar-refractivity contribution >= 4 is 11.6 Å². The smallest absolute Gasteiger partial charge is 0.314 e. The van der Waals surface area contributed by atoms with Crippen LogP contribution in [0.25, 0.3) is 0 Å². The number of hydrogen-bond donors (Lipinski definition) is 1. The molecule has 0 spiro atoms. The number of benzene rings is 1. The first-order chi connectivity index (χ1) is 11.4. The SMILES string of the molecule is CN(C(=O)Cn1nc2c(c1C(F)(F)F)CNCC2)c1ccccc1. The van der Waals surface area contributed by atoms with Crippen molar-refractivity contribution in [3.05, 3.63) is 47.3 Å². The predicted octanol–water partition coefficient (Wildman–Crippen LogP) is 2.21. The van der Waals surface area contributed by atoms with Crippen molar-refractivity contribution in [1.29, 1.82) is 0 Å². The molecule has 0 atom stereocenters. The van der Waals surface area contributed by atoms with Crippen LogP contribution in [0.3, 0.4) is 0 Å². The first kappa shape index (κ1) is 16.5. The lowest BCUT2D eigenvalue weighted by Gasteiger charge is -2.19. The normalized spacial score (nSPS) is 14.3. The number of rotatable bonds is 3. The van der Waals surface area contributed by atoms with E-state index >= 15 is 0 Å². The number of alkyl halides is 3. The molecule has 0 fully saturated rings. The Morgan fingerprint density at radius 3 is 2.71 bits per heavy atom. The molecule has 24 heavy (non-hydrogen) atoms. The molecule has 0 saturated carbocycles. The highest BCUT2D eigenvalue weighted by Gasteiger charge is 2.40. The van der Waals surface area contributed by atoms with Crippen molar-refractivity contribution in [2.75, 3.05) is 18.5 Å². The van der Waals surface area contributed by atoms with Gasteiger partial charge < -0.3 is 10.2 Å². The molecule has 0 bridgehead atoms. The Morgan fingerprint density at radius 1 is 1.33 bits per heavy atom. The zero-order valence-corrected chi connectivity index (χ0v) is 13.1. The van der Waals surface area contributed by atoms with Gasteiger partial charge in [0.15, 0.2) is 0 Å². The van der Waals surface area contributed by atoms with Crippen LogP contribution in [0.1, 0.15) is 17.0 Å². The van der Waals surface area contributed by atoms with Crippen LogP contribution in [0.2, 0.25) is 0 Å². The van der Waals surface area contributed by atoms with Gasteiger partial charge in [-0.25, -0.2) is 0 Å². The molecule has 1 amide bonds. The van der Waals surface area contributed by atoms with E-state index in [-0.39, 0.29) is 12.1 Å². The summed E-state index contributed by atoms with van der Waals surface area (Å²) < 4.78 is 41.1. The molecular weight excluding hydrogens is 321 g/mol. The van der Waals surface area contributed by atoms with Crippen LogP contribution >= 0.6 is 0 Å². The van der Waals surface area contributed by atoms with Gasteiger partial charge in [-0.2, -0.15) is 18.3 Å². The number of nitrogens with one attached hydrogen (secondary N) is 1. The number of likely N-dealkylation sites (N-methyl/N-ethyl adjacent to an activating group) is 1. The van der Waals surface area contributed by atoms with E-state index in [2.05, 4.69) is 10.4 Å². The van der Waals surface area contributed by atoms with E-state index in [1.165, 1.54) is 11.9 Å². The van der Waals surface area contributed by atoms with Crippen LogP contribution in [0.5, 0.6) is 0 Å². The van der Waals surface area contributed by atoms with Gasteiger partial charge in [0.2, 0.25) is 5.91 Å². The summed E-state index contributed by atoms with van der Waals surface area (Å²) in [7, 11) is 1.54. The van der Waals surface area contributed by atoms with Gasteiger partial charge in [0.05, 0.1) is 5.69 Å². The van der Waals surface area contributed by atoms with Gasteiger partial charge in [-0.15, -0.1) is 0 Å². The Hall–Kier alpha value is -2.35. The van der Waals surface area contributed by atoms with Crippen molar-refractivity contribution in [3.8, 4) is 0 Å². The average molecular weight is 338 g/mol. The number of carbonyl (C=O) groups is 1. The summed E-state index contributed by atoms with van der Waals surface area (Å²) in [6, 6.07) is 8.77. The predicted molar refractivity (Wildman–Crippen MR) is 82.5 cm³/mol. The fraction of sp³-hybridized carbons (Fsp3) is 0.375. The number of anilines is 1. The van der Waals surface area contributed by atoms with Crippen molar-refractivity contribution in [1.82, 2.24) is 15.1 Å². The summed E-state index contributed by atoms with van der Waals surface area (Å²) in [4.78, 5) is 13.7. The maximum Gasteiger partial charge on any atom is 0.433 e. The highest BCUT2D eigenvalue weighted by molar-refractivity contribution is 5.92. The largest absolute Gasteiger partial charge is 0.433 e. The highest BCUT2D eigenvalue weighted by atomic mass is 19.4. The Kier molecular flexibility index (Phi) is 4.31. The second kappa shape index (κ2) is 6.27. The van der Waals surface area contributed by atoms with E-state index in [9.17, 15) is 18.0 Å². The van der Waals surface area contributed by atoms with Crippen LogP contribution in [-0.4, -0.2) is 29.3 Å². The van der Waals surface area contributed by atoms with Crippen LogP contribution in [0, 0.1) is 0 Å². The van der Waals surface area contributed by atoms with Crippen LogP contribution in [-0.2, 0) is 30.5 Å². The average Bonchev–Trinajstić information content (AvgIpc) is 2.92. The molecule has 3 rings (SSSR count). The number of amides is 1. The fourth-order valence-corrected chi connectivity index (χ4v) is 2.82. The van der Waals surface area contributed by atoms with Gasteiger partial charge in [0.25, 0.3) is 0 Å². The molecule has 0 saturated heterocycles. The Morgan fingerprint density at radius 2 is 2.04 bits per heavy atom. The third-order valence-corrected chi connectivity index (χ3v) is 4.05. The van der Waals surface area contributed by atoms with Crippen LogP contribution in [0.15, 0.2) is 30.3 Å². The highest BCUT2D eigenvalue weighted by Crippen LogP contribution is 2.34. The van der Waals surface area contributed by atoms with Gasteiger partial charge >= 0.3 is 6.18 Å². The quantitative estimate of drug-likeness (QED) is 0.934. The number of fused-ring (bicyclic) bond motifs is 1. The molecule has 0 unspecified atom stereocenters. The maximum absolute atomic E-state index is 13.4. The van der Waals surface area contributed by atoms with E-state index in [1.54, 1.807) is 30.3 Å². The molecule has 2 heterocycles. The van der Waals surface area contributed by atoms with E-state index in [0.717, 1.165) is 4.68 Å². The third-order valence-electron chi connectivity index (χ3n) is 4.05. The van der Waals surface area contributed by atoms with Crippen molar-refractivity contribution in [2.24, 2.45) is 0 Å². The first-order valence-electron chi connectivity index (χ1n) is 7.56. The first-order valence-corrected chi connectivity index (χ1v) is 7.56. The van der Waals surface area contributed by atoms with Crippen LogP contribution in [0.4, 0.5) is 18.9 Å². The lowest BCUT2D eigenvalue weighted by molar-refractivity contribution is -0.145. The summed E-state index contributed by atoms with van der Waals surface area (Å²) in [5.41, 5.74) is 0.342. The van der Waals surface area contributed by atoms with Crippen molar-refractivity contribution in [3.63, 3.8) is 0 Å². The molecular formula is C16H17F3N4O. The standard InChI is InChI=1S/C16H17F3N4O/c1-22(11-5-3-2-4-6-11)14(24)10-23-15(16(17,18)19)12-9-20-8-7-13(12)21-23/h2-6,20H,7-10H2,1H3. The molecule has 1 aromatic carbocycles. The zero-order chi connectivity index (χ0) is 17.3. The van der Waals surface area contributed by atoms with Crippen molar-refractivity contribution < 1.29 is 18.0 Å². The van der Waals surface area contributed by atoms with E-state index in [0.29, 0.717) is 24.3 Å².